The van der Waals surface area contributed by atoms with Crippen LogP contribution >= 0.6 is 38.5 Å². The highest BCUT2D eigenvalue weighted by Crippen LogP contribution is 2.27. The highest BCUT2D eigenvalue weighted by atomic mass is 127. The number of benzene rings is 2. The molecule has 1 N–H and O–H groups in total. The fraction of sp³-hybridized carbons (Fsp3) is 0. The molecule has 0 radical (unpaired) electrons. The molecule has 6 heteroatoms. The standard InChI is InChI=1S/C13H7BrF2INO/c14-10-5-8(15)6-11(16)12(10)18-13(19)7-1-3-9(17)4-2-7/h1-6H,(H,18,19). The van der Waals surface area contributed by atoms with Crippen molar-refractivity contribution in [1.82, 2.24) is 0 Å². The average molecular weight is 438 g/mol. The van der Waals surface area contributed by atoms with Crippen molar-refractivity contribution in [2.75, 3.05) is 5.32 Å². The van der Waals surface area contributed by atoms with E-state index < -0.39 is 17.5 Å². The van der Waals surface area contributed by atoms with Crippen LogP contribution in [0.25, 0.3) is 0 Å². The summed E-state index contributed by atoms with van der Waals surface area (Å²) in [6, 6.07) is 8.61. The second-order valence-electron chi connectivity index (χ2n) is 3.71. The monoisotopic (exact) mass is 437 g/mol. The van der Waals surface area contributed by atoms with E-state index in [-0.39, 0.29) is 10.2 Å². The van der Waals surface area contributed by atoms with Crippen molar-refractivity contribution in [2.45, 2.75) is 0 Å². The van der Waals surface area contributed by atoms with Crippen LogP contribution in [0.5, 0.6) is 0 Å². The van der Waals surface area contributed by atoms with E-state index in [0.29, 0.717) is 11.6 Å². The molecule has 2 nitrogen and oxygen atoms in total. The number of rotatable bonds is 2. The zero-order valence-corrected chi connectivity index (χ0v) is 13.1. The van der Waals surface area contributed by atoms with Crippen LogP contribution < -0.4 is 5.32 Å². The predicted octanol–water partition coefficient (Wildman–Crippen LogP) is 4.58. The lowest BCUT2D eigenvalue weighted by molar-refractivity contribution is 0.102. The van der Waals surface area contributed by atoms with Gasteiger partial charge in [0.25, 0.3) is 5.91 Å². The minimum absolute atomic E-state index is 0.0787. The summed E-state index contributed by atoms with van der Waals surface area (Å²) in [6.07, 6.45) is 0. The van der Waals surface area contributed by atoms with Crippen LogP contribution in [0.2, 0.25) is 0 Å². The maximum absolute atomic E-state index is 13.6. The molecule has 0 aliphatic carbocycles. The van der Waals surface area contributed by atoms with Crippen molar-refractivity contribution in [3.05, 3.63) is 61.6 Å². The molecule has 0 bridgehead atoms. The number of amides is 1. The third-order valence-electron chi connectivity index (χ3n) is 2.35. The Kier molecular flexibility index (Phi) is 4.51. The Bertz CT molecular complexity index is 608. The maximum Gasteiger partial charge on any atom is 0.255 e. The number of carbonyl (C=O) groups is 1. The molecular weight excluding hydrogens is 431 g/mol. The Labute approximate surface area is 130 Å². The van der Waals surface area contributed by atoms with E-state index in [0.717, 1.165) is 9.64 Å². The van der Waals surface area contributed by atoms with Crippen LogP contribution in [0, 0.1) is 15.2 Å². The third-order valence-corrected chi connectivity index (χ3v) is 3.70. The van der Waals surface area contributed by atoms with E-state index in [4.69, 9.17) is 0 Å². The maximum atomic E-state index is 13.6. The second kappa shape index (κ2) is 5.96. The van der Waals surface area contributed by atoms with Crippen molar-refractivity contribution in [3.8, 4) is 0 Å². The zero-order chi connectivity index (χ0) is 14.0. The first kappa shape index (κ1) is 14.4. The lowest BCUT2D eigenvalue weighted by Gasteiger charge is -2.09. The molecule has 0 aliphatic rings. The molecular formula is C13H7BrF2INO. The molecule has 0 aromatic heterocycles. The number of anilines is 1. The first-order chi connectivity index (χ1) is 8.97. The summed E-state index contributed by atoms with van der Waals surface area (Å²) in [5.41, 5.74) is 0.320. The number of nitrogens with one attached hydrogen (secondary N) is 1. The summed E-state index contributed by atoms with van der Waals surface area (Å²) >= 11 is 5.13. The van der Waals surface area contributed by atoms with E-state index in [1.807, 2.05) is 0 Å². The molecule has 0 saturated carbocycles. The summed E-state index contributed by atoms with van der Waals surface area (Å²) < 4.78 is 27.6. The smallest absolute Gasteiger partial charge is 0.255 e. The van der Waals surface area contributed by atoms with Crippen molar-refractivity contribution in [3.63, 3.8) is 0 Å². The van der Waals surface area contributed by atoms with Gasteiger partial charge in [-0.25, -0.2) is 8.78 Å². The van der Waals surface area contributed by atoms with Crippen LogP contribution in [0.15, 0.2) is 40.9 Å². The van der Waals surface area contributed by atoms with Gasteiger partial charge in [0.15, 0.2) is 5.82 Å². The molecule has 1 amide bonds. The summed E-state index contributed by atoms with van der Waals surface area (Å²) in [6.45, 7) is 0. The van der Waals surface area contributed by atoms with Crippen molar-refractivity contribution in [1.29, 1.82) is 0 Å². The van der Waals surface area contributed by atoms with Crippen LogP contribution in [0.3, 0.4) is 0 Å². The summed E-state index contributed by atoms with van der Waals surface area (Å²) in [7, 11) is 0. The number of carbonyl (C=O) groups excluding carboxylic acids is 1. The minimum Gasteiger partial charge on any atom is -0.319 e. The first-order valence-corrected chi connectivity index (χ1v) is 7.06. The van der Waals surface area contributed by atoms with Gasteiger partial charge in [0.2, 0.25) is 0 Å². The van der Waals surface area contributed by atoms with Crippen molar-refractivity contribution < 1.29 is 13.6 Å². The topological polar surface area (TPSA) is 29.1 Å². The van der Waals surface area contributed by atoms with Gasteiger partial charge >= 0.3 is 0 Å². The van der Waals surface area contributed by atoms with Gasteiger partial charge in [0.1, 0.15) is 5.82 Å². The summed E-state index contributed by atoms with van der Waals surface area (Å²) in [5.74, 6) is -2.00. The summed E-state index contributed by atoms with van der Waals surface area (Å²) in [4.78, 5) is 11.9. The van der Waals surface area contributed by atoms with E-state index >= 15 is 0 Å². The Balaban J connectivity index is 2.26. The zero-order valence-electron chi connectivity index (χ0n) is 9.38. The highest BCUT2D eigenvalue weighted by molar-refractivity contribution is 14.1. The molecule has 2 aromatic carbocycles. The van der Waals surface area contributed by atoms with E-state index in [1.165, 1.54) is 0 Å². The number of halogens is 4. The minimum atomic E-state index is -0.828. The van der Waals surface area contributed by atoms with Gasteiger partial charge in [-0.1, -0.05) is 0 Å². The Hall–Kier alpha value is -1.02. The number of hydrogen-bond donors (Lipinski definition) is 1. The van der Waals surface area contributed by atoms with Gasteiger partial charge in [-0.15, -0.1) is 0 Å². The van der Waals surface area contributed by atoms with Gasteiger partial charge in [-0.2, -0.15) is 0 Å². The van der Waals surface area contributed by atoms with Gasteiger partial charge in [-0.05, 0) is 68.9 Å². The molecule has 0 atom stereocenters. The van der Waals surface area contributed by atoms with Gasteiger partial charge in [-0.3, -0.25) is 4.79 Å². The molecule has 2 aromatic rings. The Morgan fingerprint density at radius 2 is 1.79 bits per heavy atom. The van der Waals surface area contributed by atoms with Crippen LogP contribution in [0.1, 0.15) is 10.4 Å². The Morgan fingerprint density at radius 3 is 2.37 bits per heavy atom. The molecule has 0 fully saturated rings. The molecule has 0 unspecified atom stereocenters. The normalized spacial score (nSPS) is 10.3. The fourth-order valence-corrected chi connectivity index (χ4v) is 2.32. The Morgan fingerprint density at radius 1 is 1.16 bits per heavy atom. The molecule has 0 aliphatic heterocycles. The quantitative estimate of drug-likeness (QED) is 0.684. The molecule has 19 heavy (non-hydrogen) atoms. The van der Waals surface area contributed by atoms with Gasteiger partial charge in [0.05, 0.1) is 5.69 Å². The lowest BCUT2D eigenvalue weighted by Crippen LogP contribution is -2.13. The lowest BCUT2D eigenvalue weighted by atomic mass is 10.2. The third kappa shape index (κ3) is 3.50. The SMILES string of the molecule is O=C(Nc1c(F)cc(F)cc1Br)c1ccc(I)cc1. The molecule has 0 spiro atoms. The molecule has 0 heterocycles. The predicted molar refractivity (Wildman–Crippen MR) is 81.2 cm³/mol. The van der Waals surface area contributed by atoms with Gasteiger partial charge in [0, 0.05) is 19.7 Å². The van der Waals surface area contributed by atoms with Crippen LogP contribution in [0.4, 0.5) is 14.5 Å². The molecule has 98 valence electrons. The van der Waals surface area contributed by atoms with Crippen molar-refractivity contribution in [2.24, 2.45) is 0 Å². The summed E-state index contributed by atoms with van der Waals surface area (Å²) in [5, 5.41) is 2.41. The van der Waals surface area contributed by atoms with Crippen LogP contribution in [-0.2, 0) is 0 Å². The average Bonchev–Trinajstić information content (AvgIpc) is 2.34. The van der Waals surface area contributed by atoms with Crippen molar-refractivity contribution >= 4 is 50.1 Å². The highest BCUT2D eigenvalue weighted by Gasteiger charge is 2.13. The largest absolute Gasteiger partial charge is 0.319 e. The second-order valence-corrected chi connectivity index (χ2v) is 5.81. The number of hydrogen-bond acceptors (Lipinski definition) is 1. The molecule has 0 saturated heterocycles. The first-order valence-electron chi connectivity index (χ1n) is 5.19. The van der Waals surface area contributed by atoms with E-state index in [2.05, 4.69) is 43.8 Å². The molecule has 2 rings (SSSR count). The van der Waals surface area contributed by atoms with Gasteiger partial charge < -0.3 is 5.32 Å². The van der Waals surface area contributed by atoms with Crippen LogP contribution in [-0.4, -0.2) is 5.91 Å². The van der Waals surface area contributed by atoms with E-state index in [1.54, 1.807) is 24.3 Å². The fourth-order valence-electron chi connectivity index (χ4n) is 1.45. The van der Waals surface area contributed by atoms with E-state index in [9.17, 15) is 13.6 Å².